The summed E-state index contributed by atoms with van der Waals surface area (Å²) in [5.41, 5.74) is 2.64. The third-order valence-corrected chi connectivity index (χ3v) is 6.17. The van der Waals surface area contributed by atoms with E-state index in [0.717, 1.165) is 5.56 Å². The molecule has 0 aliphatic carbocycles. The van der Waals surface area contributed by atoms with E-state index in [1.165, 1.54) is 29.2 Å². The summed E-state index contributed by atoms with van der Waals surface area (Å²) < 4.78 is 24.6. The number of carbonyl (C=O) groups excluding carboxylic acids is 2. The molecule has 1 fully saturated rings. The summed E-state index contributed by atoms with van der Waals surface area (Å²) in [5, 5.41) is 11.3. The van der Waals surface area contributed by atoms with Gasteiger partial charge >= 0.3 is 0 Å². The lowest BCUT2D eigenvalue weighted by Crippen LogP contribution is -2.31. The first-order valence-electron chi connectivity index (χ1n) is 11.7. The molecule has 1 aliphatic heterocycles. The number of aliphatic hydroxyl groups is 1. The van der Waals surface area contributed by atoms with Crippen LogP contribution >= 0.6 is 0 Å². The Morgan fingerprint density at radius 1 is 1.03 bits per heavy atom. The highest BCUT2D eigenvalue weighted by Gasteiger charge is 2.45. The number of methoxy groups -OCH3 is 1. The Kier molecular flexibility index (Phi) is 7.80. The monoisotopic (exact) mass is 489 g/mol. The van der Waals surface area contributed by atoms with Crippen molar-refractivity contribution in [3.63, 3.8) is 0 Å². The molecule has 7 heteroatoms. The molecule has 1 saturated heterocycles. The van der Waals surface area contributed by atoms with Gasteiger partial charge in [-0.15, -0.1) is 0 Å². The predicted octanol–water partition coefficient (Wildman–Crippen LogP) is 5.17. The number of aliphatic hydroxyl groups excluding tert-OH is 1. The summed E-state index contributed by atoms with van der Waals surface area (Å²) in [6.45, 7) is 2.85. The lowest BCUT2D eigenvalue weighted by Gasteiger charge is -2.25. The first kappa shape index (κ1) is 25.1. The van der Waals surface area contributed by atoms with Crippen molar-refractivity contribution in [3.8, 4) is 5.75 Å². The molecular formula is C29H28FNO5. The number of likely N-dealkylation sites (tertiary alicyclic amines) is 1. The SMILES string of the molecule is COCCCN1C(=O)C(=O)C(=C(O)c2ccc(OCc3ccccc3)cc2C)[C@@H]1c1ccc(F)cc1. The fraction of sp³-hybridized carbons (Fsp3) is 0.241. The molecule has 0 aromatic heterocycles. The van der Waals surface area contributed by atoms with Crippen LogP contribution < -0.4 is 4.74 Å². The van der Waals surface area contributed by atoms with Crippen molar-refractivity contribution in [2.75, 3.05) is 20.3 Å². The average molecular weight is 490 g/mol. The molecule has 186 valence electrons. The highest BCUT2D eigenvalue weighted by molar-refractivity contribution is 6.46. The van der Waals surface area contributed by atoms with Gasteiger partial charge in [0.15, 0.2) is 0 Å². The Hall–Kier alpha value is -3.97. The van der Waals surface area contributed by atoms with Gasteiger partial charge < -0.3 is 19.5 Å². The lowest BCUT2D eigenvalue weighted by molar-refractivity contribution is -0.140. The second-order valence-electron chi connectivity index (χ2n) is 8.64. The van der Waals surface area contributed by atoms with Gasteiger partial charge in [0.05, 0.1) is 11.6 Å². The number of hydrogen-bond donors (Lipinski definition) is 1. The summed E-state index contributed by atoms with van der Waals surface area (Å²) in [4.78, 5) is 27.5. The van der Waals surface area contributed by atoms with Crippen LogP contribution in [0.2, 0.25) is 0 Å². The zero-order valence-electron chi connectivity index (χ0n) is 20.2. The third-order valence-electron chi connectivity index (χ3n) is 6.17. The summed E-state index contributed by atoms with van der Waals surface area (Å²) >= 11 is 0. The molecule has 1 heterocycles. The van der Waals surface area contributed by atoms with E-state index in [4.69, 9.17) is 9.47 Å². The number of amides is 1. The largest absolute Gasteiger partial charge is 0.507 e. The normalized spacial score (nSPS) is 17.0. The quantitative estimate of drug-likeness (QED) is 0.194. The van der Waals surface area contributed by atoms with Gasteiger partial charge in [0.25, 0.3) is 11.7 Å². The molecule has 1 atom stereocenters. The van der Waals surface area contributed by atoms with Crippen LogP contribution in [0.3, 0.4) is 0 Å². The number of ketones is 1. The molecule has 0 radical (unpaired) electrons. The van der Waals surface area contributed by atoms with Crippen molar-refractivity contribution in [1.29, 1.82) is 0 Å². The Morgan fingerprint density at radius 3 is 2.42 bits per heavy atom. The molecule has 0 saturated carbocycles. The summed E-state index contributed by atoms with van der Waals surface area (Å²) in [6, 6.07) is 19.7. The maximum absolute atomic E-state index is 13.6. The highest BCUT2D eigenvalue weighted by atomic mass is 19.1. The summed E-state index contributed by atoms with van der Waals surface area (Å²) in [6.07, 6.45) is 0.508. The Morgan fingerprint density at radius 2 is 1.75 bits per heavy atom. The minimum atomic E-state index is -0.837. The maximum Gasteiger partial charge on any atom is 0.295 e. The minimum Gasteiger partial charge on any atom is -0.507 e. The molecule has 6 nitrogen and oxygen atoms in total. The Balaban J connectivity index is 1.68. The number of ether oxygens (including phenoxy) is 2. The highest BCUT2D eigenvalue weighted by Crippen LogP contribution is 2.40. The van der Waals surface area contributed by atoms with Crippen LogP contribution in [0.4, 0.5) is 4.39 Å². The van der Waals surface area contributed by atoms with Gasteiger partial charge in [0.2, 0.25) is 0 Å². The number of aryl methyl sites for hydroxylation is 1. The fourth-order valence-corrected chi connectivity index (χ4v) is 4.36. The zero-order valence-corrected chi connectivity index (χ0v) is 20.2. The lowest BCUT2D eigenvalue weighted by atomic mass is 9.94. The predicted molar refractivity (Wildman–Crippen MR) is 134 cm³/mol. The van der Waals surface area contributed by atoms with Gasteiger partial charge in [0.1, 0.15) is 23.9 Å². The van der Waals surface area contributed by atoms with E-state index in [1.54, 1.807) is 32.2 Å². The fourth-order valence-electron chi connectivity index (χ4n) is 4.36. The number of hydrogen-bond acceptors (Lipinski definition) is 5. The van der Waals surface area contributed by atoms with Crippen LogP contribution in [0.15, 0.2) is 78.4 Å². The standard InChI is InChI=1S/C29H28FNO5/c1-19-17-23(36-18-20-7-4-3-5-8-20)13-14-24(19)27(32)25-26(21-9-11-22(30)12-10-21)31(15-6-16-35-2)29(34)28(25)33/h3-5,7-14,17,26,32H,6,15-16,18H2,1-2H3/t26-/m0/s1. The number of rotatable bonds is 9. The summed E-state index contributed by atoms with van der Waals surface area (Å²) in [7, 11) is 1.56. The van der Waals surface area contributed by atoms with Crippen molar-refractivity contribution in [2.24, 2.45) is 0 Å². The molecule has 4 rings (SSSR count). The van der Waals surface area contributed by atoms with Gasteiger partial charge in [-0.2, -0.15) is 0 Å². The molecule has 0 spiro atoms. The third kappa shape index (κ3) is 5.31. The second-order valence-corrected chi connectivity index (χ2v) is 8.64. The van der Waals surface area contributed by atoms with Crippen LogP contribution in [-0.2, 0) is 20.9 Å². The Bertz CT molecular complexity index is 1270. The van der Waals surface area contributed by atoms with E-state index in [0.29, 0.717) is 42.1 Å². The molecule has 1 amide bonds. The molecule has 3 aromatic carbocycles. The summed E-state index contributed by atoms with van der Waals surface area (Å²) in [5.74, 6) is -1.57. The second kappa shape index (κ2) is 11.2. The van der Waals surface area contributed by atoms with Crippen molar-refractivity contribution in [1.82, 2.24) is 4.90 Å². The van der Waals surface area contributed by atoms with Gasteiger partial charge in [-0.25, -0.2) is 4.39 Å². The Labute approximate surface area is 209 Å². The van der Waals surface area contributed by atoms with Crippen molar-refractivity contribution < 1.29 is 28.6 Å². The smallest absolute Gasteiger partial charge is 0.295 e. The molecule has 36 heavy (non-hydrogen) atoms. The van der Waals surface area contributed by atoms with Crippen LogP contribution in [0.1, 0.15) is 34.7 Å². The first-order chi connectivity index (χ1) is 17.4. The number of carbonyl (C=O) groups is 2. The van der Waals surface area contributed by atoms with Crippen LogP contribution in [0, 0.1) is 12.7 Å². The van der Waals surface area contributed by atoms with E-state index < -0.39 is 23.5 Å². The van der Waals surface area contributed by atoms with Crippen molar-refractivity contribution in [2.45, 2.75) is 26.0 Å². The van der Waals surface area contributed by atoms with E-state index in [2.05, 4.69) is 0 Å². The van der Waals surface area contributed by atoms with Crippen LogP contribution in [-0.4, -0.2) is 42.0 Å². The molecular weight excluding hydrogens is 461 g/mol. The number of halogens is 1. The zero-order chi connectivity index (χ0) is 25.7. The van der Waals surface area contributed by atoms with E-state index in [-0.39, 0.29) is 17.9 Å². The van der Waals surface area contributed by atoms with Gasteiger partial charge in [-0.1, -0.05) is 42.5 Å². The molecule has 0 unspecified atom stereocenters. The van der Waals surface area contributed by atoms with E-state index >= 15 is 0 Å². The number of nitrogens with zero attached hydrogens (tertiary/aromatic N) is 1. The number of Topliss-reactive ketones (excluding diaryl/α,β-unsaturated/α-hetero) is 1. The van der Waals surface area contributed by atoms with Crippen LogP contribution in [0.25, 0.3) is 5.76 Å². The molecule has 1 N–H and O–H groups in total. The van der Waals surface area contributed by atoms with Gasteiger partial charge in [-0.05, 0) is 60.4 Å². The van der Waals surface area contributed by atoms with E-state index in [9.17, 15) is 19.1 Å². The van der Waals surface area contributed by atoms with Gasteiger partial charge in [0, 0.05) is 25.8 Å². The minimum absolute atomic E-state index is 0.0231. The van der Waals surface area contributed by atoms with Crippen LogP contribution in [0.5, 0.6) is 5.75 Å². The van der Waals surface area contributed by atoms with Gasteiger partial charge in [-0.3, -0.25) is 9.59 Å². The molecule has 1 aliphatic rings. The number of benzene rings is 3. The average Bonchev–Trinajstić information content (AvgIpc) is 3.13. The maximum atomic E-state index is 13.6. The van der Waals surface area contributed by atoms with Crippen molar-refractivity contribution >= 4 is 17.4 Å². The topological polar surface area (TPSA) is 76.1 Å². The molecule has 0 bridgehead atoms. The van der Waals surface area contributed by atoms with E-state index in [1.807, 2.05) is 30.3 Å². The first-order valence-corrected chi connectivity index (χ1v) is 11.7. The van der Waals surface area contributed by atoms with Crippen molar-refractivity contribution in [3.05, 3.63) is 106 Å². The molecule has 3 aromatic rings.